The summed E-state index contributed by atoms with van der Waals surface area (Å²) in [4.78, 5) is 58.3. The van der Waals surface area contributed by atoms with Gasteiger partial charge in [-0.1, -0.05) is 238 Å². The van der Waals surface area contributed by atoms with Crippen molar-refractivity contribution >= 4 is 33.6 Å². The van der Waals surface area contributed by atoms with Gasteiger partial charge in [-0.2, -0.15) is 0 Å². The standard InChI is InChI=1S/C71H118O16P2/c1-4-7-10-13-16-19-22-25-27-29-31-32-34-36-37-40-42-45-48-51-54-57-69(74)81-60-66(72)61-83-88(77,78)84-62-67(73)63-85-89(79,80)86-65-68(87-71(76)59-56-53-50-47-44-39-24-21-18-15-12-9-6-3)64-82-70(75)58-55-52-49-46-43-41-38-35-33-30-28-26-23-20-17-14-11-8-5-2/h7-8,10-11,16-17,19-20,25-28,31-33,35-37,41-43,45,66-68,72-73H,4-6,9,12-15,18,21-24,29-30,34,38-40,44,46-65H2,1-3H3,(H,77,78)(H,79,80)/b10-7-,11-8-,19-16-,20-17-,27-25-,28-26-,32-31-,35-33-,37-36-,43-41-,45-42-. The molecule has 0 heterocycles. The van der Waals surface area contributed by atoms with Crippen molar-refractivity contribution in [2.75, 3.05) is 39.6 Å². The van der Waals surface area contributed by atoms with E-state index in [1.165, 1.54) is 51.4 Å². The molecule has 0 aliphatic carbocycles. The summed E-state index contributed by atoms with van der Waals surface area (Å²) >= 11 is 0. The van der Waals surface area contributed by atoms with E-state index in [1.807, 2.05) is 0 Å². The van der Waals surface area contributed by atoms with Crippen molar-refractivity contribution < 1.29 is 75.8 Å². The molecule has 0 saturated carbocycles. The van der Waals surface area contributed by atoms with Gasteiger partial charge in [0.25, 0.3) is 0 Å². The van der Waals surface area contributed by atoms with Crippen LogP contribution >= 0.6 is 15.6 Å². The zero-order valence-corrected chi connectivity index (χ0v) is 56.6. The van der Waals surface area contributed by atoms with Crippen molar-refractivity contribution in [2.24, 2.45) is 0 Å². The summed E-state index contributed by atoms with van der Waals surface area (Å²) in [6, 6.07) is 0. The van der Waals surface area contributed by atoms with E-state index in [0.29, 0.717) is 19.3 Å². The van der Waals surface area contributed by atoms with Crippen molar-refractivity contribution in [2.45, 2.75) is 257 Å². The van der Waals surface area contributed by atoms with E-state index >= 15 is 0 Å². The molecule has 5 unspecified atom stereocenters. The average Bonchev–Trinajstić information content (AvgIpc) is 3.55. The van der Waals surface area contributed by atoms with E-state index in [1.54, 1.807) is 0 Å². The number of ether oxygens (including phenoxy) is 3. The van der Waals surface area contributed by atoms with Gasteiger partial charge in [-0.15, -0.1) is 0 Å². The number of esters is 3. The number of aliphatic hydroxyl groups is 2. The fourth-order valence-corrected chi connectivity index (χ4v) is 9.89. The van der Waals surface area contributed by atoms with Gasteiger partial charge in [0.05, 0.1) is 26.4 Å². The van der Waals surface area contributed by atoms with Crippen molar-refractivity contribution in [3.05, 3.63) is 134 Å². The predicted molar refractivity (Wildman–Crippen MR) is 362 cm³/mol. The van der Waals surface area contributed by atoms with Gasteiger partial charge in [0.1, 0.15) is 25.4 Å². The number of aliphatic hydroxyl groups excluding tert-OH is 2. The fourth-order valence-electron chi connectivity index (χ4n) is 8.30. The highest BCUT2D eigenvalue weighted by atomic mass is 31.2. The molecule has 16 nitrogen and oxygen atoms in total. The molecule has 5 atom stereocenters. The first-order valence-electron chi connectivity index (χ1n) is 33.5. The largest absolute Gasteiger partial charge is 0.472 e. The Labute approximate surface area is 537 Å². The van der Waals surface area contributed by atoms with Crippen LogP contribution in [0.1, 0.15) is 239 Å². The van der Waals surface area contributed by atoms with Crippen LogP contribution in [0.4, 0.5) is 0 Å². The maximum absolute atomic E-state index is 12.9. The number of unbranched alkanes of at least 4 members (excludes halogenated alkanes) is 17. The predicted octanol–water partition coefficient (Wildman–Crippen LogP) is 18.4. The molecular formula is C71H118O16P2. The Balaban J connectivity index is 4.72. The summed E-state index contributed by atoms with van der Waals surface area (Å²) in [6.07, 6.45) is 73.7. The Morgan fingerprint density at radius 1 is 0.326 bits per heavy atom. The zero-order valence-electron chi connectivity index (χ0n) is 54.8. The van der Waals surface area contributed by atoms with Crippen molar-refractivity contribution in [1.82, 2.24) is 0 Å². The third kappa shape index (κ3) is 65.0. The van der Waals surface area contributed by atoms with E-state index in [-0.39, 0.29) is 19.3 Å². The lowest BCUT2D eigenvalue weighted by atomic mass is 10.0. The van der Waals surface area contributed by atoms with E-state index < -0.39 is 91.5 Å². The molecule has 0 aromatic heterocycles. The minimum atomic E-state index is -4.94. The topological polar surface area (TPSA) is 231 Å². The number of carbonyl (C=O) groups excluding carboxylic acids is 3. The molecule has 0 aliphatic heterocycles. The SMILES string of the molecule is CC/C=C\C/C=C\C/C=C\C/C=C\C/C=C\C/C=C\CCCCC(=O)OCC(O)COP(=O)(O)OCC(O)COP(=O)(O)OCC(COC(=O)CCCCC/C=C\C/C=C\C/C=C\C/C=C\C/C=C\CC)OC(=O)CCCCCCCCCCCCCCC. The van der Waals surface area contributed by atoms with Gasteiger partial charge in [0, 0.05) is 19.3 Å². The Kier molecular flexibility index (Phi) is 60.7. The summed E-state index contributed by atoms with van der Waals surface area (Å²) < 4.78 is 60.8. The first-order chi connectivity index (χ1) is 43.2. The van der Waals surface area contributed by atoms with Crippen LogP contribution in [0.25, 0.3) is 0 Å². The Bertz CT molecular complexity index is 2160. The minimum Gasteiger partial charge on any atom is -0.463 e. The number of phosphoric acid groups is 2. The Morgan fingerprint density at radius 3 is 0.966 bits per heavy atom. The lowest BCUT2D eigenvalue weighted by Gasteiger charge is -2.21. The number of carbonyl (C=O) groups is 3. The van der Waals surface area contributed by atoms with Crippen LogP contribution in [-0.2, 0) is 55.8 Å². The van der Waals surface area contributed by atoms with Crippen LogP contribution in [0.15, 0.2) is 134 Å². The molecule has 0 amide bonds. The highest BCUT2D eigenvalue weighted by Gasteiger charge is 2.29. The summed E-state index contributed by atoms with van der Waals surface area (Å²) in [5.74, 6) is -1.66. The Morgan fingerprint density at radius 2 is 0.596 bits per heavy atom. The lowest BCUT2D eigenvalue weighted by molar-refractivity contribution is -0.161. The number of phosphoric ester groups is 2. The molecule has 4 N–H and O–H groups in total. The quantitative estimate of drug-likeness (QED) is 0.0146. The molecule has 18 heteroatoms. The monoisotopic (exact) mass is 1290 g/mol. The number of rotatable bonds is 62. The van der Waals surface area contributed by atoms with Crippen LogP contribution in [-0.4, -0.2) is 95.9 Å². The normalized spacial score (nSPS) is 15.1. The molecule has 508 valence electrons. The Hall–Kier alpha value is -4.31. The molecule has 0 bridgehead atoms. The molecule has 0 spiro atoms. The number of hydrogen-bond donors (Lipinski definition) is 4. The third-order valence-electron chi connectivity index (χ3n) is 13.4. The smallest absolute Gasteiger partial charge is 0.463 e. The van der Waals surface area contributed by atoms with Gasteiger partial charge in [0.15, 0.2) is 6.10 Å². The molecule has 0 fully saturated rings. The van der Waals surface area contributed by atoms with Gasteiger partial charge in [-0.05, 0) is 116 Å². The molecular weight excluding hydrogens is 1170 g/mol. The van der Waals surface area contributed by atoms with Crippen molar-refractivity contribution in [1.29, 1.82) is 0 Å². The van der Waals surface area contributed by atoms with E-state index in [2.05, 4.69) is 154 Å². The van der Waals surface area contributed by atoms with Crippen LogP contribution in [0.2, 0.25) is 0 Å². The molecule has 0 aromatic carbocycles. The summed E-state index contributed by atoms with van der Waals surface area (Å²) in [5.41, 5.74) is 0. The van der Waals surface area contributed by atoms with Crippen LogP contribution < -0.4 is 0 Å². The van der Waals surface area contributed by atoms with E-state index in [0.717, 1.165) is 128 Å². The van der Waals surface area contributed by atoms with Crippen LogP contribution in [0.3, 0.4) is 0 Å². The fraction of sp³-hybridized carbons (Fsp3) is 0.648. The highest BCUT2D eigenvalue weighted by molar-refractivity contribution is 7.47. The minimum absolute atomic E-state index is 0.0950. The first kappa shape index (κ1) is 84.7. The van der Waals surface area contributed by atoms with Gasteiger partial charge in [-0.25, -0.2) is 9.13 Å². The van der Waals surface area contributed by atoms with E-state index in [9.17, 15) is 43.5 Å². The highest BCUT2D eigenvalue weighted by Crippen LogP contribution is 2.45. The second-order valence-corrected chi connectivity index (χ2v) is 24.8. The second kappa shape index (κ2) is 63.8. The van der Waals surface area contributed by atoms with Crippen molar-refractivity contribution in [3.63, 3.8) is 0 Å². The third-order valence-corrected chi connectivity index (χ3v) is 15.3. The van der Waals surface area contributed by atoms with Crippen LogP contribution in [0, 0.1) is 0 Å². The summed E-state index contributed by atoms with van der Waals surface area (Å²) in [5, 5.41) is 20.5. The lowest BCUT2D eigenvalue weighted by Crippen LogP contribution is -2.30. The average molecular weight is 1290 g/mol. The zero-order chi connectivity index (χ0) is 65.3. The molecule has 0 aromatic rings. The first-order valence-corrected chi connectivity index (χ1v) is 36.5. The maximum Gasteiger partial charge on any atom is 0.472 e. The maximum atomic E-state index is 12.9. The summed E-state index contributed by atoms with van der Waals surface area (Å²) in [7, 11) is -9.80. The molecule has 0 radical (unpaired) electrons. The van der Waals surface area contributed by atoms with Gasteiger partial charge < -0.3 is 34.2 Å². The summed E-state index contributed by atoms with van der Waals surface area (Å²) in [6.45, 7) is 2.33. The molecule has 0 saturated heterocycles. The molecule has 89 heavy (non-hydrogen) atoms. The van der Waals surface area contributed by atoms with Crippen LogP contribution in [0.5, 0.6) is 0 Å². The number of hydrogen-bond acceptors (Lipinski definition) is 14. The molecule has 0 rings (SSSR count). The van der Waals surface area contributed by atoms with Gasteiger partial charge >= 0.3 is 33.6 Å². The molecule has 0 aliphatic rings. The second-order valence-electron chi connectivity index (χ2n) is 21.9. The van der Waals surface area contributed by atoms with Gasteiger partial charge in [-0.3, -0.25) is 32.5 Å². The van der Waals surface area contributed by atoms with Crippen molar-refractivity contribution in [3.8, 4) is 0 Å². The van der Waals surface area contributed by atoms with Gasteiger partial charge in [0.2, 0.25) is 0 Å². The van der Waals surface area contributed by atoms with E-state index in [4.69, 9.17) is 32.3 Å². The number of allylic oxidation sites excluding steroid dienone is 22.